The fourth-order valence-electron chi connectivity index (χ4n) is 1.47. The maximum atomic E-state index is 11.0. The Balaban J connectivity index is 2.95. The smallest absolute Gasteiger partial charge is 0.336 e. The van der Waals surface area contributed by atoms with Gasteiger partial charge in [-0.25, -0.2) is 4.79 Å². The number of rotatable bonds is 2. The molecule has 82 valence electrons. The van der Waals surface area contributed by atoms with Gasteiger partial charge >= 0.3 is 5.63 Å². The molecule has 0 atom stereocenters. The number of methoxy groups -OCH3 is 1. The van der Waals surface area contributed by atoms with Gasteiger partial charge in [0.25, 0.3) is 0 Å². The van der Waals surface area contributed by atoms with Crippen LogP contribution in [0.1, 0.15) is 10.4 Å². The SMILES string of the molecule is COc1c(O)c(C=O)cc2ccc(=O)oc12. The quantitative estimate of drug-likeness (QED) is 0.610. The topological polar surface area (TPSA) is 76.7 Å². The molecule has 0 saturated heterocycles. The number of hydrogen-bond donors (Lipinski definition) is 1. The van der Waals surface area contributed by atoms with Crippen LogP contribution in [0.25, 0.3) is 11.0 Å². The minimum atomic E-state index is -0.552. The van der Waals surface area contributed by atoms with Crippen LogP contribution in [0.3, 0.4) is 0 Å². The van der Waals surface area contributed by atoms with Gasteiger partial charge in [0.15, 0.2) is 17.6 Å². The number of carbonyl (C=O) groups is 1. The van der Waals surface area contributed by atoms with Crippen LogP contribution in [0, 0.1) is 0 Å². The highest BCUT2D eigenvalue weighted by molar-refractivity contribution is 5.94. The summed E-state index contributed by atoms with van der Waals surface area (Å²) in [6, 6.07) is 4.15. The summed E-state index contributed by atoms with van der Waals surface area (Å²) in [5, 5.41) is 10.2. The van der Waals surface area contributed by atoms with E-state index >= 15 is 0 Å². The van der Waals surface area contributed by atoms with Gasteiger partial charge in [-0.15, -0.1) is 0 Å². The molecular weight excluding hydrogens is 212 g/mol. The normalized spacial score (nSPS) is 10.3. The summed E-state index contributed by atoms with van der Waals surface area (Å²) in [5.41, 5.74) is -0.347. The van der Waals surface area contributed by atoms with E-state index in [0.29, 0.717) is 11.7 Å². The first kappa shape index (κ1) is 10.2. The molecular formula is C11H8O5. The van der Waals surface area contributed by atoms with Crippen LogP contribution >= 0.6 is 0 Å². The van der Waals surface area contributed by atoms with Gasteiger partial charge in [-0.05, 0) is 12.1 Å². The van der Waals surface area contributed by atoms with Crippen molar-refractivity contribution in [1.82, 2.24) is 0 Å². The molecule has 0 amide bonds. The molecule has 2 aromatic rings. The van der Waals surface area contributed by atoms with E-state index in [0.717, 1.165) is 0 Å². The van der Waals surface area contributed by atoms with Crippen molar-refractivity contribution in [3.05, 3.63) is 34.2 Å². The first-order valence-electron chi connectivity index (χ1n) is 4.46. The molecule has 1 aromatic heterocycles. The Morgan fingerprint density at radius 1 is 1.44 bits per heavy atom. The fourth-order valence-corrected chi connectivity index (χ4v) is 1.47. The Hall–Kier alpha value is -2.30. The van der Waals surface area contributed by atoms with Crippen molar-refractivity contribution in [3.8, 4) is 11.5 Å². The van der Waals surface area contributed by atoms with Gasteiger partial charge in [-0.1, -0.05) is 0 Å². The van der Waals surface area contributed by atoms with Crippen molar-refractivity contribution in [2.24, 2.45) is 0 Å². The van der Waals surface area contributed by atoms with Crippen molar-refractivity contribution >= 4 is 17.3 Å². The first-order chi connectivity index (χ1) is 7.67. The lowest BCUT2D eigenvalue weighted by molar-refractivity contribution is 0.112. The van der Waals surface area contributed by atoms with Crippen LogP contribution in [0.15, 0.2) is 27.4 Å². The lowest BCUT2D eigenvalue weighted by Gasteiger charge is -2.07. The number of fused-ring (bicyclic) bond motifs is 1. The van der Waals surface area contributed by atoms with Crippen LogP contribution in [-0.2, 0) is 0 Å². The molecule has 5 nitrogen and oxygen atoms in total. The Morgan fingerprint density at radius 2 is 2.19 bits per heavy atom. The molecule has 0 spiro atoms. The summed E-state index contributed by atoms with van der Waals surface area (Å²) in [6.45, 7) is 0. The highest BCUT2D eigenvalue weighted by Crippen LogP contribution is 2.36. The zero-order valence-electron chi connectivity index (χ0n) is 8.39. The van der Waals surface area contributed by atoms with Crippen LogP contribution in [0.5, 0.6) is 11.5 Å². The number of aldehydes is 1. The fraction of sp³-hybridized carbons (Fsp3) is 0.0909. The molecule has 1 aromatic carbocycles. The summed E-state index contributed by atoms with van der Waals surface area (Å²) in [7, 11) is 1.32. The highest BCUT2D eigenvalue weighted by atomic mass is 16.5. The second-order valence-corrected chi connectivity index (χ2v) is 3.14. The van der Waals surface area contributed by atoms with E-state index in [1.165, 1.54) is 25.3 Å². The van der Waals surface area contributed by atoms with Gasteiger partial charge in [-0.3, -0.25) is 4.79 Å². The second-order valence-electron chi connectivity index (χ2n) is 3.14. The van der Waals surface area contributed by atoms with Crippen molar-refractivity contribution in [1.29, 1.82) is 0 Å². The molecule has 0 saturated carbocycles. The molecule has 0 bridgehead atoms. The third-order valence-corrected chi connectivity index (χ3v) is 2.20. The Morgan fingerprint density at radius 3 is 2.81 bits per heavy atom. The highest BCUT2D eigenvalue weighted by Gasteiger charge is 2.15. The average Bonchev–Trinajstić information content (AvgIpc) is 2.28. The number of carbonyl (C=O) groups excluding carboxylic acids is 1. The maximum absolute atomic E-state index is 11.0. The molecule has 0 fully saturated rings. The molecule has 1 heterocycles. The zero-order valence-corrected chi connectivity index (χ0v) is 8.39. The van der Waals surface area contributed by atoms with E-state index in [4.69, 9.17) is 9.15 Å². The predicted octanol–water partition coefficient (Wildman–Crippen LogP) is 1.32. The zero-order chi connectivity index (χ0) is 11.7. The summed E-state index contributed by atoms with van der Waals surface area (Å²) < 4.78 is 9.82. The van der Waals surface area contributed by atoms with Crippen LogP contribution in [0.4, 0.5) is 0 Å². The lowest BCUT2D eigenvalue weighted by Crippen LogP contribution is -1.97. The van der Waals surface area contributed by atoms with Crippen molar-refractivity contribution in [3.63, 3.8) is 0 Å². The van der Waals surface area contributed by atoms with Crippen molar-refractivity contribution in [2.45, 2.75) is 0 Å². The number of phenols is 1. The van der Waals surface area contributed by atoms with Gasteiger partial charge in [0.05, 0.1) is 12.7 Å². The van der Waals surface area contributed by atoms with E-state index < -0.39 is 5.63 Å². The first-order valence-corrected chi connectivity index (χ1v) is 4.46. The van der Waals surface area contributed by atoms with Crippen LogP contribution in [-0.4, -0.2) is 18.5 Å². The Labute approximate surface area is 89.9 Å². The van der Waals surface area contributed by atoms with Gasteiger partial charge in [0.2, 0.25) is 5.75 Å². The molecule has 1 N–H and O–H groups in total. The molecule has 16 heavy (non-hydrogen) atoms. The minimum Gasteiger partial charge on any atom is -0.504 e. The van der Waals surface area contributed by atoms with Gasteiger partial charge in [0.1, 0.15) is 0 Å². The Bertz CT molecular complexity index is 612. The Kier molecular flexibility index (Phi) is 2.36. The molecule has 2 rings (SSSR count). The molecule has 0 unspecified atom stereocenters. The molecule has 0 aliphatic heterocycles. The lowest BCUT2D eigenvalue weighted by atomic mass is 10.1. The van der Waals surface area contributed by atoms with Gasteiger partial charge in [0, 0.05) is 11.5 Å². The summed E-state index contributed by atoms with van der Waals surface area (Å²) in [5.74, 6) is -0.350. The number of ether oxygens (including phenoxy) is 1. The van der Waals surface area contributed by atoms with Crippen LogP contribution in [0.2, 0.25) is 0 Å². The van der Waals surface area contributed by atoms with Crippen LogP contribution < -0.4 is 10.4 Å². The van der Waals surface area contributed by atoms with Crippen molar-refractivity contribution < 1.29 is 19.1 Å². The summed E-state index contributed by atoms with van der Waals surface area (Å²) in [6.07, 6.45) is 0.502. The number of benzene rings is 1. The third-order valence-electron chi connectivity index (χ3n) is 2.20. The molecule has 0 aliphatic carbocycles. The molecule has 0 aliphatic rings. The maximum Gasteiger partial charge on any atom is 0.336 e. The largest absolute Gasteiger partial charge is 0.504 e. The third kappa shape index (κ3) is 1.42. The van der Waals surface area contributed by atoms with E-state index in [-0.39, 0.29) is 22.6 Å². The summed E-state index contributed by atoms with van der Waals surface area (Å²) in [4.78, 5) is 21.7. The van der Waals surface area contributed by atoms with E-state index in [1.54, 1.807) is 0 Å². The van der Waals surface area contributed by atoms with E-state index in [2.05, 4.69) is 0 Å². The standard InChI is InChI=1S/C11H8O5/c1-15-11-9(14)7(5-12)4-6-2-3-8(13)16-10(6)11/h2-5,14H,1H3. The number of hydrogen-bond acceptors (Lipinski definition) is 5. The predicted molar refractivity (Wildman–Crippen MR) is 56.1 cm³/mol. The van der Waals surface area contributed by atoms with Crippen molar-refractivity contribution in [2.75, 3.05) is 7.11 Å². The van der Waals surface area contributed by atoms with E-state index in [1.807, 2.05) is 0 Å². The summed E-state index contributed by atoms with van der Waals surface area (Å²) >= 11 is 0. The average molecular weight is 220 g/mol. The molecule has 0 radical (unpaired) electrons. The minimum absolute atomic E-state index is 0.0164. The number of aromatic hydroxyl groups is 1. The second kappa shape index (κ2) is 3.69. The van der Waals surface area contributed by atoms with E-state index in [9.17, 15) is 14.7 Å². The van der Waals surface area contributed by atoms with Gasteiger partial charge in [-0.2, -0.15) is 0 Å². The monoisotopic (exact) mass is 220 g/mol. The van der Waals surface area contributed by atoms with Gasteiger partial charge < -0.3 is 14.3 Å². The number of phenolic OH excluding ortho intramolecular Hbond substituents is 1. The molecule has 5 heteroatoms.